The van der Waals surface area contributed by atoms with Crippen LogP contribution in [0.5, 0.6) is 0 Å². The van der Waals surface area contributed by atoms with Crippen LogP contribution in [0.3, 0.4) is 0 Å². The summed E-state index contributed by atoms with van der Waals surface area (Å²) in [6.45, 7) is 4.02. The van der Waals surface area contributed by atoms with Crippen molar-refractivity contribution in [3.63, 3.8) is 0 Å². The molecule has 0 amide bonds. The van der Waals surface area contributed by atoms with Crippen molar-refractivity contribution in [3.8, 4) is 0 Å². The highest BCUT2D eigenvalue weighted by molar-refractivity contribution is 5.75. The van der Waals surface area contributed by atoms with Crippen molar-refractivity contribution in [2.24, 2.45) is 0 Å². The van der Waals surface area contributed by atoms with Gasteiger partial charge in [0.05, 0.1) is 57.9 Å². The fraction of sp³-hybridized carbons (Fsp3) is 0.300. The fourth-order valence-electron chi connectivity index (χ4n) is 6.59. The van der Waals surface area contributed by atoms with Gasteiger partial charge >= 0.3 is 0 Å². The number of rotatable bonds is 12. The molecule has 2 aliphatic carbocycles. The van der Waals surface area contributed by atoms with Gasteiger partial charge in [0.1, 0.15) is 0 Å². The average Bonchev–Trinajstić information content (AvgIpc) is 4.02. The number of halogens is 2. The molecule has 16 nitrogen and oxygen atoms in total. The molecule has 0 unspecified atom stereocenters. The van der Waals surface area contributed by atoms with Gasteiger partial charge in [-0.2, -0.15) is 20.2 Å². The topological polar surface area (TPSA) is 197 Å². The molecule has 0 aromatic carbocycles. The number of aromatic nitrogens is 12. The second-order valence-electron chi connectivity index (χ2n) is 14.8. The van der Waals surface area contributed by atoms with Crippen LogP contribution in [0.4, 0.5) is 43.9 Å². The Morgan fingerprint density at radius 1 is 0.621 bits per heavy atom. The SMILES string of the molecule is C[C@@H](c1ccc2[nH]ccc2n1)N(C)c1ncc(F)c(Nc2cc(C3CC3)[nH]n2)n1.C[C@H](c1ccc2[nH]ccc2n1)N(C)c1ncc(F)c(Nc2cc(C3CC3)[nH]n2)n1. The molecule has 6 N–H and O–H groups in total. The van der Waals surface area contributed by atoms with Crippen LogP contribution in [0.1, 0.15) is 86.2 Å². The van der Waals surface area contributed by atoms with Gasteiger partial charge in [-0.25, -0.2) is 28.7 Å². The summed E-state index contributed by atoms with van der Waals surface area (Å²) in [4.78, 5) is 36.4. The molecule has 0 aliphatic heterocycles. The molecule has 2 atom stereocenters. The molecule has 0 saturated heterocycles. The van der Waals surface area contributed by atoms with Crippen molar-refractivity contribution >= 4 is 57.2 Å². The van der Waals surface area contributed by atoms with Gasteiger partial charge in [0, 0.05) is 61.8 Å². The Hall–Kier alpha value is -6.98. The van der Waals surface area contributed by atoms with E-state index in [-0.39, 0.29) is 23.7 Å². The number of H-pyrrole nitrogens is 4. The second-order valence-corrected chi connectivity index (χ2v) is 14.8. The molecule has 2 fully saturated rings. The molecule has 58 heavy (non-hydrogen) atoms. The lowest BCUT2D eigenvalue weighted by atomic mass is 10.2. The van der Waals surface area contributed by atoms with Crippen molar-refractivity contribution in [3.05, 3.63) is 108 Å². The predicted molar refractivity (Wildman–Crippen MR) is 217 cm³/mol. The van der Waals surface area contributed by atoms with Gasteiger partial charge < -0.3 is 30.4 Å². The van der Waals surface area contributed by atoms with E-state index in [0.29, 0.717) is 35.4 Å². The van der Waals surface area contributed by atoms with E-state index in [2.05, 4.69) is 70.9 Å². The summed E-state index contributed by atoms with van der Waals surface area (Å²) in [5.41, 5.74) is 7.66. The minimum atomic E-state index is -0.530. The molecule has 2 saturated carbocycles. The van der Waals surface area contributed by atoms with E-state index in [1.807, 2.05) is 98.7 Å². The van der Waals surface area contributed by atoms with E-state index < -0.39 is 11.6 Å². The predicted octanol–water partition coefficient (Wildman–Crippen LogP) is 8.07. The smallest absolute Gasteiger partial charge is 0.227 e. The summed E-state index contributed by atoms with van der Waals surface area (Å²) in [5, 5.41) is 20.3. The zero-order valence-corrected chi connectivity index (χ0v) is 32.3. The van der Waals surface area contributed by atoms with Crippen LogP contribution >= 0.6 is 0 Å². The third-order valence-electron chi connectivity index (χ3n) is 10.7. The van der Waals surface area contributed by atoms with Gasteiger partial charge in [0.2, 0.25) is 11.9 Å². The highest BCUT2D eigenvalue weighted by Crippen LogP contribution is 2.40. The molecule has 8 heterocycles. The minimum Gasteiger partial charge on any atom is -0.360 e. The Kier molecular flexibility index (Phi) is 9.58. The van der Waals surface area contributed by atoms with Gasteiger partial charge in [0.15, 0.2) is 34.9 Å². The first-order chi connectivity index (χ1) is 28.2. The van der Waals surface area contributed by atoms with E-state index in [1.54, 1.807) is 0 Å². The van der Waals surface area contributed by atoms with E-state index >= 15 is 0 Å². The summed E-state index contributed by atoms with van der Waals surface area (Å²) < 4.78 is 28.6. The van der Waals surface area contributed by atoms with E-state index in [0.717, 1.165) is 44.8 Å². The fourth-order valence-corrected chi connectivity index (χ4v) is 6.59. The van der Waals surface area contributed by atoms with Crippen LogP contribution in [0.2, 0.25) is 0 Å². The Morgan fingerprint density at radius 2 is 1.05 bits per heavy atom. The Balaban J connectivity index is 0.000000150. The second kappa shape index (κ2) is 15.2. The van der Waals surface area contributed by atoms with Gasteiger partial charge in [-0.3, -0.25) is 10.2 Å². The van der Waals surface area contributed by atoms with Crippen LogP contribution in [0.15, 0.2) is 73.3 Å². The summed E-state index contributed by atoms with van der Waals surface area (Å²) >= 11 is 0. The van der Waals surface area contributed by atoms with E-state index in [4.69, 9.17) is 0 Å². The summed E-state index contributed by atoms with van der Waals surface area (Å²) in [7, 11) is 3.73. The van der Waals surface area contributed by atoms with Crippen LogP contribution in [-0.2, 0) is 0 Å². The zero-order chi connectivity index (χ0) is 39.9. The maximum Gasteiger partial charge on any atom is 0.227 e. The van der Waals surface area contributed by atoms with Gasteiger partial charge in [-0.15, -0.1) is 0 Å². The molecule has 8 aromatic rings. The number of hydrogen-bond acceptors (Lipinski definition) is 12. The van der Waals surface area contributed by atoms with Gasteiger partial charge in [-0.1, -0.05) is 0 Å². The van der Waals surface area contributed by atoms with Crippen LogP contribution < -0.4 is 20.4 Å². The lowest BCUT2D eigenvalue weighted by Gasteiger charge is -2.24. The Labute approximate surface area is 331 Å². The molecule has 296 valence electrons. The number of hydrogen-bond donors (Lipinski definition) is 6. The summed E-state index contributed by atoms with van der Waals surface area (Å²) in [6.07, 6.45) is 10.7. The monoisotopic (exact) mass is 784 g/mol. The number of nitrogens with zero attached hydrogens (tertiary/aromatic N) is 10. The highest BCUT2D eigenvalue weighted by atomic mass is 19.1. The molecule has 0 bridgehead atoms. The summed E-state index contributed by atoms with van der Waals surface area (Å²) in [5.74, 6) is 2.10. The first kappa shape index (κ1) is 36.6. The van der Waals surface area contributed by atoms with Crippen LogP contribution in [0, 0.1) is 11.6 Å². The maximum atomic E-state index is 14.3. The lowest BCUT2D eigenvalue weighted by molar-refractivity contribution is 0.613. The maximum absolute atomic E-state index is 14.3. The third kappa shape index (κ3) is 7.72. The Bertz CT molecular complexity index is 2510. The average molecular weight is 785 g/mol. The first-order valence-corrected chi connectivity index (χ1v) is 19.2. The van der Waals surface area contributed by atoms with Crippen molar-refractivity contribution in [2.45, 2.75) is 63.5 Å². The third-order valence-corrected chi connectivity index (χ3v) is 10.7. The molecule has 8 aromatic heterocycles. The first-order valence-electron chi connectivity index (χ1n) is 19.2. The van der Waals surface area contributed by atoms with E-state index in [1.165, 1.54) is 38.1 Å². The quantitative estimate of drug-likeness (QED) is 0.0698. The molecule has 0 spiro atoms. The zero-order valence-electron chi connectivity index (χ0n) is 32.3. The van der Waals surface area contributed by atoms with Crippen LogP contribution in [0.25, 0.3) is 22.1 Å². The molecular weight excluding hydrogens is 743 g/mol. The number of fused-ring (bicyclic) bond motifs is 2. The van der Waals surface area contributed by atoms with E-state index in [9.17, 15) is 8.78 Å². The van der Waals surface area contributed by atoms with Crippen molar-refractivity contribution in [2.75, 3.05) is 34.5 Å². The number of anilines is 6. The normalized spacial score (nSPS) is 14.9. The van der Waals surface area contributed by atoms with Crippen molar-refractivity contribution in [1.29, 1.82) is 0 Å². The van der Waals surface area contributed by atoms with Crippen molar-refractivity contribution in [1.82, 2.24) is 60.3 Å². The molecule has 0 radical (unpaired) electrons. The highest BCUT2D eigenvalue weighted by Gasteiger charge is 2.27. The van der Waals surface area contributed by atoms with Crippen LogP contribution in [-0.4, -0.2) is 74.4 Å². The van der Waals surface area contributed by atoms with Crippen molar-refractivity contribution < 1.29 is 8.78 Å². The number of aromatic amines is 4. The molecular formula is C40H42F2N16. The van der Waals surface area contributed by atoms with Gasteiger partial charge in [-0.05, 0) is 75.9 Å². The molecule has 2 aliphatic rings. The summed E-state index contributed by atoms with van der Waals surface area (Å²) in [6, 6.07) is 15.4. The minimum absolute atomic E-state index is 0.0944. The largest absolute Gasteiger partial charge is 0.360 e. The van der Waals surface area contributed by atoms with Gasteiger partial charge in [0.25, 0.3) is 0 Å². The number of pyridine rings is 2. The number of nitrogens with one attached hydrogen (secondary N) is 6. The molecule has 10 rings (SSSR count). The lowest BCUT2D eigenvalue weighted by Crippen LogP contribution is -2.25. The molecule has 18 heteroatoms. The Morgan fingerprint density at radius 3 is 1.47 bits per heavy atom. The standard InChI is InChI=1S/2C20H21FN8/c2*1-11(14-5-6-15-16(24-14)7-8-22-15)29(2)20-23-10-13(21)19(26-20)25-18-9-17(27-28-18)12-3-4-12/h2*5-12,22H,3-4H2,1-2H3,(H2,23,25,26,27,28)/t2*11-/m10/s1.